The molecule has 24 heavy (non-hydrogen) atoms. The zero-order valence-corrected chi connectivity index (χ0v) is 12.1. The lowest BCUT2D eigenvalue weighted by Gasteiger charge is -2.04. The van der Waals surface area contributed by atoms with Crippen molar-refractivity contribution in [1.82, 2.24) is 10.1 Å². The molecular formula is C16H11FN2O5. The number of carbonyl (C=O) groups excluding carboxylic acids is 1. The fourth-order valence-electron chi connectivity index (χ4n) is 1.93. The van der Waals surface area contributed by atoms with E-state index in [0.29, 0.717) is 5.56 Å². The van der Waals surface area contributed by atoms with Crippen LogP contribution in [0.5, 0.6) is 11.5 Å². The first-order valence-corrected chi connectivity index (χ1v) is 6.80. The maximum Gasteiger partial charge on any atom is 0.342 e. The zero-order chi connectivity index (χ0) is 17.1. The Bertz CT molecular complexity index is 876. The molecule has 0 amide bonds. The third-order valence-corrected chi connectivity index (χ3v) is 3.10. The molecule has 0 atom stereocenters. The molecule has 0 aliphatic rings. The van der Waals surface area contributed by atoms with Gasteiger partial charge in [0.2, 0.25) is 5.82 Å². The molecule has 0 fully saturated rings. The highest BCUT2D eigenvalue weighted by Gasteiger charge is 2.16. The fraction of sp³-hybridized carbons (Fsp3) is 0.0625. The number of hydrogen-bond donors (Lipinski definition) is 2. The van der Waals surface area contributed by atoms with E-state index in [1.165, 1.54) is 36.4 Å². The van der Waals surface area contributed by atoms with Gasteiger partial charge in [0.25, 0.3) is 5.89 Å². The fourth-order valence-corrected chi connectivity index (χ4v) is 1.93. The summed E-state index contributed by atoms with van der Waals surface area (Å²) in [7, 11) is 0. The minimum atomic E-state index is -0.811. The Morgan fingerprint density at radius 3 is 2.62 bits per heavy atom. The molecule has 0 bridgehead atoms. The summed E-state index contributed by atoms with van der Waals surface area (Å²) in [6.45, 7) is -0.298. The van der Waals surface area contributed by atoms with E-state index in [-0.39, 0.29) is 35.5 Å². The summed E-state index contributed by atoms with van der Waals surface area (Å²) in [5.41, 5.74) is 0.444. The molecule has 3 aromatic rings. The Labute approximate surface area is 134 Å². The normalized spacial score (nSPS) is 10.5. The largest absolute Gasteiger partial charge is 0.508 e. The topological polar surface area (TPSA) is 106 Å². The Balaban J connectivity index is 1.67. The molecule has 1 heterocycles. The van der Waals surface area contributed by atoms with Crippen LogP contribution in [0.25, 0.3) is 11.4 Å². The van der Waals surface area contributed by atoms with E-state index in [4.69, 9.17) is 9.26 Å². The van der Waals surface area contributed by atoms with Crippen molar-refractivity contribution in [2.45, 2.75) is 6.61 Å². The molecule has 0 aliphatic carbocycles. The highest BCUT2D eigenvalue weighted by Crippen LogP contribution is 2.23. The summed E-state index contributed by atoms with van der Waals surface area (Å²) >= 11 is 0. The lowest BCUT2D eigenvalue weighted by molar-refractivity contribution is 0.0426. The highest BCUT2D eigenvalue weighted by molar-refractivity contribution is 5.92. The van der Waals surface area contributed by atoms with Crippen LogP contribution in [0.2, 0.25) is 0 Å². The SMILES string of the molecule is O=C(OCc1nc(-c2ccc(F)cc2)no1)c1ccc(O)cc1O. The average Bonchev–Trinajstić information content (AvgIpc) is 3.02. The van der Waals surface area contributed by atoms with Gasteiger partial charge >= 0.3 is 5.97 Å². The second-order valence-corrected chi connectivity index (χ2v) is 4.80. The molecule has 0 radical (unpaired) electrons. The number of hydrogen-bond acceptors (Lipinski definition) is 7. The van der Waals surface area contributed by atoms with Gasteiger partial charge in [-0.3, -0.25) is 0 Å². The number of phenolic OH excluding ortho intramolecular Hbond substituents is 2. The molecule has 1 aromatic heterocycles. The highest BCUT2D eigenvalue weighted by atomic mass is 19.1. The second-order valence-electron chi connectivity index (χ2n) is 4.80. The van der Waals surface area contributed by atoms with E-state index in [1.54, 1.807) is 0 Å². The van der Waals surface area contributed by atoms with Gasteiger partial charge in [0, 0.05) is 11.6 Å². The van der Waals surface area contributed by atoms with E-state index >= 15 is 0 Å². The van der Waals surface area contributed by atoms with Gasteiger partial charge in [0.15, 0.2) is 6.61 Å². The molecule has 8 heteroatoms. The second kappa shape index (κ2) is 6.37. The Morgan fingerprint density at radius 2 is 1.92 bits per heavy atom. The van der Waals surface area contributed by atoms with Crippen molar-refractivity contribution < 1.29 is 28.7 Å². The Hall–Kier alpha value is -3.42. The summed E-state index contributed by atoms with van der Waals surface area (Å²) in [6, 6.07) is 9.00. The summed E-state index contributed by atoms with van der Waals surface area (Å²) in [5.74, 6) is -1.50. The number of aromatic hydroxyl groups is 2. The van der Waals surface area contributed by atoms with Crippen LogP contribution in [0.4, 0.5) is 4.39 Å². The summed E-state index contributed by atoms with van der Waals surface area (Å²) < 4.78 is 22.8. The molecule has 2 aromatic carbocycles. The van der Waals surface area contributed by atoms with E-state index in [1.807, 2.05) is 0 Å². The van der Waals surface area contributed by atoms with Crippen molar-refractivity contribution in [3.8, 4) is 22.9 Å². The van der Waals surface area contributed by atoms with Gasteiger partial charge in [-0.2, -0.15) is 4.98 Å². The molecule has 7 nitrogen and oxygen atoms in total. The number of aromatic nitrogens is 2. The molecule has 0 spiro atoms. The van der Waals surface area contributed by atoms with Crippen LogP contribution in [0, 0.1) is 5.82 Å². The summed E-state index contributed by atoms with van der Waals surface area (Å²) in [5, 5.41) is 22.5. The number of carbonyl (C=O) groups is 1. The quantitative estimate of drug-likeness (QED) is 0.708. The Morgan fingerprint density at radius 1 is 1.17 bits per heavy atom. The number of esters is 1. The lowest BCUT2D eigenvalue weighted by atomic mass is 10.2. The van der Waals surface area contributed by atoms with Gasteiger partial charge in [-0.05, 0) is 36.4 Å². The van der Waals surface area contributed by atoms with Gasteiger partial charge in [0.1, 0.15) is 22.9 Å². The first-order chi connectivity index (χ1) is 11.5. The maximum absolute atomic E-state index is 12.9. The molecule has 0 unspecified atom stereocenters. The van der Waals surface area contributed by atoms with E-state index in [0.717, 1.165) is 6.07 Å². The molecule has 122 valence electrons. The minimum Gasteiger partial charge on any atom is -0.508 e. The minimum absolute atomic E-state index is 0.0425. The summed E-state index contributed by atoms with van der Waals surface area (Å²) in [6.07, 6.45) is 0. The third kappa shape index (κ3) is 3.32. The predicted molar refractivity (Wildman–Crippen MR) is 78.6 cm³/mol. The van der Waals surface area contributed by atoms with Gasteiger partial charge in [0.05, 0.1) is 0 Å². The molecular weight excluding hydrogens is 319 g/mol. The number of ether oxygens (including phenoxy) is 1. The predicted octanol–water partition coefficient (Wildman–Crippen LogP) is 2.64. The summed E-state index contributed by atoms with van der Waals surface area (Å²) in [4.78, 5) is 15.9. The Kier molecular flexibility index (Phi) is 4.11. The first-order valence-electron chi connectivity index (χ1n) is 6.80. The van der Waals surface area contributed by atoms with Crippen molar-refractivity contribution in [3.63, 3.8) is 0 Å². The van der Waals surface area contributed by atoms with Crippen LogP contribution in [0.1, 0.15) is 16.2 Å². The zero-order valence-electron chi connectivity index (χ0n) is 12.1. The lowest BCUT2D eigenvalue weighted by Crippen LogP contribution is -2.05. The van der Waals surface area contributed by atoms with Crippen molar-refractivity contribution >= 4 is 5.97 Å². The molecule has 3 rings (SSSR count). The van der Waals surface area contributed by atoms with Crippen LogP contribution in [0.3, 0.4) is 0 Å². The van der Waals surface area contributed by atoms with Crippen molar-refractivity contribution in [3.05, 3.63) is 59.7 Å². The first kappa shape index (κ1) is 15.5. The van der Waals surface area contributed by atoms with Crippen LogP contribution in [0.15, 0.2) is 47.0 Å². The van der Waals surface area contributed by atoms with Crippen LogP contribution in [-0.4, -0.2) is 26.3 Å². The van der Waals surface area contributed by atoms with E-state index in [9.17, 15) is 19.4 Å². The van der Waals surface area contributed by atoms with Crippen molar-refractivity contribution in [1.29, 1.82) is 0 Å². The van der Waals surface area contributed by atoms with Crippen molar-refractivity contribution in [2.75, 3.05) is 0 Å². The van der Waals surface area contributed by atoms with Crippen LogP contribution in [-0.2, 0) is 11.3 Å². The van der Waals surface area contributed by atoms with Gasteiger partial charge in [-0.15, -0.1) is 0 Å². The van der Waals surface area contributed by atoms with Gasteiger partial charge in [-0.25, -0.2) is 9.18 Å². The van der Waals surface area contributed by atoms with Crippen molar-refractivity contribution in [2.24, 2.45) is 0 Å². The molecule has 0 saturated heterocycles. The van der Waals surface area contributed by atoms with E-state index < -0.39 is 11.7 Å². The van der Waals surface area contributed by atoms with Gasteiger partial charge in [-0.1, -0.05) is 5.16 Å². The molecule has 0 saturated carbocycles. The number of halogens is 1. The average molecular weight is 330 g/mol. The monoisotopic (exact) mass is 330 g/mol. The molecule has 2 N–H and O–H groups in total. The third-order valence-electron chi connectivity index (χ3n) is 3.10. The molecule has 0 aliphatic heterocycles. The number of nitrogens with zero attached hydrogens (tertiary/aromatic N) is 2. The van der Waals surface area contributed by atoms with Crippen LogP contribution < -0.4 is 0 Å². The van der Waals surface area contributed by atoms with E-state index in [2.05, 4.69) is 10.1 Å². The maximum atomic E-state index is 12.9. The van der Waals surface area contributed by atoms with Crippen LogP contribution >= 0.6 is 0 Å². The standard InChI is InChI=1S/C16H11FN2O5/c17-10-3-1-9(2-4-10)15-18-14(24-19-15)8-23-16(22)12-6-5-11(20)7-13(12)21/h1-7,20-21H,8H2. The number of phenols is 2. The van der Waals surface area contributed by atoms with Gasteiger partial charge < -0.3 is 19.5 Å². The number of benzene rings is 2. The number of rotatable bonds is 4. The smallest absolute Gasteiger partial charge is 0.342 e.